The highest BCUT2D eigenvalue weighted by Gasteiger charge is 2.29. The average molecular weight is 309 g/mol. The van der Waals surface area contributed by atoms with Gasteiger partial charge in [-0.25, -0.2) is 0 Å². The van der Waals surface area contributed by atoms with Gasteiger partial charge in [-0.05, 0) is 28.1 Å². The van der Waals surface area contributed by atoms with E-state index >= 15 is 0 Å². The van der Waals surface area contributed by atoms with Crippen LogP contribution in [0.15, 0.2) is 16.6 Å². The molecule has 1 atom stereocenters. The van der Waals surface area contributed by atoms with Crippen LogP contribution in [0.1, 0.15) is 25.5 Å². The maximum absolute atomic E-state index is 9.88. The fourth-order valence-electron chi connectivity index (χ4n) is 1.34. The van der Waals surface area contributed by atoms with E-state index in [-0.39, 0.29) is 12.4 Å². The molecule has 0 heterocycles. The Bertz CT molecular complexity index is 396. The molecule has 0 saturated carbocycles. The minimum atomic E-state index is -0.526. The van der Waals surface area contributed by atoms with Crippen molar-refractivity contribution in [2.75, 3.05) is 6.61 Å². The molecule has 1 aromatic carbocycles. The summed E-state index contributed by atoms with van der Waals surface area (Å²) in [6.07, 6.45) is 0. The van der Waals surface area contributed by atoms with Crippen molar-refractivity contribution in [1.29, 1.82) is 0 Å². The van der Waals surface area contributed by atoms with Gasteiger partial charge in [-0.15, -0.1) is 0 Å². The molecule has 90 valence electrons. The SMILES string of the molecule is CC(C)(CO)[C@@H](N)c1cc(Cl)cc(Br)c1O. The molecule has 0 unspecified atom stereocenters. The summed E-state index contributed by atoms with van der Waals surface area (Å²) in [7, 11) is 0. The Labute approximate surface area is 108 Å². The first-order valence-electron chi connectivity index (χ1n) is 4.84. The molecule has 1 rings (SSSR count). The number of aliphatic hydroxyl groups is 1. The van der Waals surface area contributed by atoms with Crippen LogP contribution in [-0.2, 0) is 0 Å². The molecule has 0 saturated heterocycles. The van der Waals surface area contributed by atoms with E-state index in [0.29, 0.717) is 15.1 Å². The van der Waals surface area contributed by atoms with Crippen molar-refractivity contribution in [3.05, 3.63) is 27.2 Å². The van der Waals surface area contributed by atoms with Gasteiger partial charge in [0.05, 0.1) is 4.47 Å². The lowest BCUT2D eigenvalue weighted by molar-refractivity contribution is 0.131. The lowest BCUT2D eigenvalue weighted by Gasteiger charge is -2.30. The molecular weight excluding hydrogens is 293 g/mol. The van der Waals surface area contributed by atoms with Crippen LogP contribution in [0.4, 0.5) is 0 Å². The predicted octanol–water partition coefficient (Wildman–Crippen LogP) is 2.83. The summed E-state index contributed by atoms with van der Waals surface area (Å²) in [5, 5.41) is 19.6. The summed E-state index contributed by atoms with van der Waals surface area (Å²) in [4.78, 5) is 0. The average Bonchev–Trinajstić information content (AvgIpc) is 2.22. The van der Waals surface area contributed by atoms with Crippen LogP contribution in [0.25, 0.3) is 0 Å². The van der Waals surface area contributed by atoms with E-state index in [9.17, 15) is 10.2 Å². The largest absolute Gasteiger partial charge is 0.506 e. The molecule has 0 aliphatic carbocycles. The van der Waals surface area contributed by atoms with Crippen molar-refractivity contribution in [3.8, 4) is 5.75 Å². The smallest absolute Gasteiger partial charge is 0.134 e. The van der Waals surface area contributed by atoms with E-state index in [4.69, 9.17) is 17.3 Å². The van der Waals surface area contributed by atoms with E-state index in [1.807, 2.05) is 13.8 Å². The number of aromatic hydroxyl groups is 1. The monoisotopic (exact) mass is 307 g/mol. The van der Waals surface area contributed by atoms with Gasteiger partial charge in [-0.1, -0.05) is 25.4 Å². The van der Waals surface area contributed by atoms with Gasteiger partial charge < -0.3 is 15.9 Å². The summed E-state index contributed by atoms with van der Waals surface area (Å²) in [6, 6.07) is 2.72. The molecule has 16 heavy (non-hydrogen) atoms. The van der Waals surface area contributed by atoms with Crippen LogP contribution in [-0.4, -0.2) is 16.8 Å². The standard InChI is InChI=1S/C11H15BrClNO2/c1-11(2,5-15)10(14)7-3-6(13)4-8(12)9(7)16/h3-4,10,15-16H,5,14H2,1-2H3/t10-/m0/s1. The fourth-order valence-corrected chi connectivity index (χ4v) is 2.18. The van der Waals surface area contributed by atoms with Crippen LogP contribution in [0.3, 0.4) is 0 Å². The molecule has 0 aliphatic rings. The quantitative estimate of drug-likeness (QED) is 0.804. The van der Waals surface area contributed by atoms with E-state index in [1.54, 1.807) is 12.1 Å². The van der Waals surface area contributed by atoms with Gasteiger partial charge in [0, 0.05) is 28.6 Å². The Balaban J connectivity index is 3.23. The first-order valence-corrected chi connectivity index (χ1v) is 6.01. The molecule has 0 aliphatic heterocycles. The van der Waals surface area contributed by atoms with Crippen molar-refractivity contribution in [1.82, 2.24) is 0 Å². The number of halogens is 2. The number of rotatable bonds is 3. The van der Waals surface area contributed by atoms with Gasteiger partial charge in [-0.3, -0.25) is 0 Å². The molecule has 0 spiro atoms. The molecule has 0 fully saturated rings. The Kier molecular flexibility index (Phi) is 4.23. The molecular formula is C11H15BrClNO2. The van der Waals surface area contributed by atoms with Crippen molar-refractivity contribution in [3.63, 3.8) is 0 Å². The highest BCUT2D eigenvalue weighted by Crippen LogP contribution is 2.40. The first-order chi connectivity index (χ1) is 7.29. The summed E-state index contributed by atoms with van der Waals surface area (Å²) in [6.45, 7) is 3.58. The number of phenols is 1. The Hall–Kier alpha value is -0.290. The lowest BCUT2D eigenvalue weighted by atomic mass is 9.81. The normalized spacial score (nSPS) is 13.9. The van der Waals surface area contributed by atoms with Gasteiger partial charge in [0.25, 0.3) is 0 Å². The molecule has 3 nitrogen and oxygen atoms in total. The second-order valence-corrected chi connectivity index (χ2v) is 5.74. The number of phenolic OH excluding ortho intramolecular Hbond substituents is 1. The summed E-state index contributed by atoms with van der Waals surface area (Å²) >= 11 is 9.10. The van der Waals surface area contributed by atoms with Crippen molar-refractivity contribution in [2.45, 2.75) is 19.9 Å². The number of benzene rings is 1. The molecule has 0 aromatic heterocycles. The van der Waals surface area contributed by atoms with Crippen LogP contribution >= 0.6 is 27.5 Å². The summed E-state index contributed by atoms with van der Waals surface area (Å²) in [5.74, 6) is 0.0680. The van der Waals surface area contributed by atoms with E-state index in [0.717, 1.165) is 0 Å². The van der Waals surface area contributed by atoms with E-state index < -0.39 is 11.5 Å². The minimum Gasteiger partial charge on any atom is -0.506 e. The zero-order chi connectivity index (χ0) is 12.5. The Morgan fingerprint density at radius 1 is 1.50 bits per heavy atom. The Morgan fingerprint density at radius 3 is 2.56 bits per heavy atom. The summed E-state index contributed by atoms with van der Waals surface area (Å²) in [5.41, 5.74) is 6.02. The van der Waals surface area contributed by atoms with Crippen molar-refractivity contribution < 1.29 is 10.2 Å². The lowest BCUT2D eigenvalue weighted by Crippen LogP contribution is -2.32. The maximum atomic E-state index is 9.88. The zero-order valence-electron chi connectivity index (χ0n) is 9.17. The fraction of sp³-hybridized carbons (Fsp3) is 0.455. The molecule has 1 aromatic rings. The molecule has 0 bridgehead atoms. The third-order valence-electron chi connectivity index (χ3n) is 2.64. The highest BCUT2D eigenvalue weighted by molar-refractivity contribution is 9.10. The van der Waals surface area contributed by atoms with Crippen LogP contribution in [0, 0.1) is 5.41 Å². The van der Waals surface area contributed by atoms with Crippen LogP contribution < -0.4 is 5.73 Å². The van der Waals surface area contributed by atoms with Gasteiger partial charge in [0.1, 0.15) is 5.75 Å². The number of nitrogens with two attached hydrogens (primary N) is 1. The Morgan fingerprint density at radius 2 is 2.06 bits per heavy atom. The number of hydrogen-bond acceptors (Lipinski definition) is 3. The number of aliphatic hydroxyl groups excluding tert-OH is 1. The van der Waals surface area contributed by atoms with Crippen LogP contribution in [0.2, 0.25) is 5.02 Å². The minimum absolute atomic E-state index is 0.0680. The number of hydrogen-bond donors (Lipinski definition) is 3. The van der Waals surface area contributed by atoms with Gasteiger partial charge in [-0.2, -0.15) is 0 Å². The third kappa shape index (κ3) is 2.69. The second kappa shape index (κ2) is 4.92. The second-order valence-electron chi connectivity index (χ2n) is 4.45. The molecule has 5 heteroatoms. The topological polar surface area (TPSA) is 66.5 Å². The van der Waals surface area contributed by atoms with Gasteiger partial charge in [0.2, 0.25) is 0 Å². The van der Waals surface area contributed by atoms with Crippen LogP contribution in [0.5, 0.6) is 5.75 Å². The van der Waals surface area contributed by atoms with Crippen molar-refractivity contribution >= 4 is 27.5 Å². The van der Waals surface area contributed by atoms with Gasteiger partial charge >= 0.3 is 0 Å². The van der Waals surface area contributed by atoms with Gasteiger partial charge in [0.15, 0.2) is 0 Å². The molecule has 0 radical (unpaired) electrons. The maximum Gasteiger partial charge on any atom is 0.134 e. The zero-order valence-corrected chi connectivity index (χ0v) is 11.5. The van der Waals surface area contributed by atoms with Crippen molar-refractivity contribution in [2.24, 2.45) is 11.1 Å². The predicted molar refractivity (Wildman–Crippen MR) is 68.6 cm³/mol. The van der Waals surface area contributed by atoms with E-state index in [2.05, 4.69) is 15.9 Å². The molecule has 0 amide bonds. The third-order valence-corrected chi connectivity index (χ3v) is 3.46. The summed E-state index contributed by atoms with van der Waals surface area (Å²) < 4.78 is 0.499. The molecule has 4 N–H and O–H groups in total. The highest BCUT2D eigenvalue weighted by atomic mass is 79.9. The first kappa shape index (κ1) is 13.8. The van der Waals surface area contributed by atoms with E-state index in [1.165, 1.54) is 0 Å².